The molecule has 1 heterocycles. The second-order valence-corrected chi connectivity index (χ2v) is 7.97. The number of nitrogens with one attached hydrogen (secondary N) is 1. The summed E-state index contributed by atoms with van der Waals surface area (Å²) in [6, 6.07) is 5.33. The molecule has 2 aromatic rings. The maximum Gasteiger partial charge on any atom is 0.241 e. The van der Waals surface area contributed by atoms with Gasteiger partial charge in [-0.15, -0.1) is 0 Å². The van der Waals surface area contributed by atoms with Gasteiger partial charge in [0.05, 0.1) is 11.4 Å². The Balaban J connectivity index is 2.29. The minimum absolute atomic E-state index is 0.0140. The molecule has 0 amide bonds. The van der Waals surface area contributed by atoms with Crippen molar-refractivity contribution in [1.29, 1.82) is 0 Å². The molecule has 2 rings (SSSR count). The van der Waals surface area contributed by atoms with Crippen molar-refractivity contribution in [2.45, 2.75) is 25.3 Å². The first-order chi connectivity index (χ1) is 11.6. The van der Waals surface area contributed by atoms with Gasteiger partial charge in [0.25, 0.3) is 0 Å². The third kappa shape index (κ3) is 4.64. The van der Waals surface area contributed by atoms with E-state index in [1.807, 2.05) is 41.2 Å². The lowest BCUT2D eigenvalue weighted by molar-refractivity contribution is 0.578. The Hall–Kier alpha value is -2.26. The number of hydrogen-bond acceptors (Lipinski definition) is 7. The molecule has 0 saturated carbocycles. The lowest BCUT2D eigenvalue weighted by atomic mass is 10.2. The van der Waals surface area contributed by atoms with E-state index in [9.17, 15) is 8.42 Å². The van der Waals surface area contributed by atoms with Gasteiger partial charge >= 0.3 is 0 Å². The summed E-state index contributed by atoms with van der Waals surface area (Å²) in [5, 5.41) is 0. The summed E-state index contributed by atoms with van der Waals surface area (Å²) < 4.78 is 27.8. The molecule has 136 valence electrons. The number of rotatable bonds is 6. The summed E-state index contributed by atoms with van der Waals surface area (Å²) in [4.78, 5) is 16.7. The summed E-state index contributed by atoms with van der Waals surface area (Å²) in [5.74, 6) is 1.30. The Labute approximate surface area is 149 Å². The van der Waals surface area contributed by atoms with Crippen molar-refractivity contribution < 1.29 is 8.42 Å². The van der Waals surface area contributed by atoms with Gasteiger partial charge in [-0.05, 0) is 31.0 Å². The van der Waals surface area contributed by atoms with Crippen molar-refractivity contribution in [2.24, 2.45) is 0 Å². The van der Waals surface area contributed by atoms with Gasteiger partial charge in [-0.25, -0.2) is 13.1 Å². The summed E-state index contributed by atoms with van der Waals surface area (Å²) in [6.07, 6.45) is 0. The molecule has 0 aliphatic rings. The third-order valence-corrected chi connectivity index (χ3v) is 5.05. The van der Waals surface area contributed by atoms with Crippen molar-refractivity contribution in [1.82, 2.24) is 19.7 Å². The van der Waals surface area contributed by atoms with Crippen LogP contribution in [0.3, 0.4) is 0 Å². The predicted molar refractivity (Wildman–Crippen MR) is 98.4 cm³/mol. The molecule has 1 N–H and O–H groups in total. The van der Waals surface area contributed by atoms with Crippen LogP contribution in [0.15, 0.2) is 23.1 Å². The van der Waals surface area contributed by atoms with Gasteiger partial charge in [0, 0.05) is 28.2 Å². The van der Waals surface area contributed by atoms with Crippen LogP contribution < -0.4 is 14.5 Å². The number of benzene rings is 1. The minimum Gasteiger partial charge on any atom is -0.347 e. The van der Waals surface area contributed by atoms with Gasteiger partial charge < -0.3 is 9.80 Å². The molecule has 0 bridgehead atoms. The van der Waals surface area contributed by atoms with E-state index >= 15 is 0 Å². The highest BCUT2D eigenvalue weighted by Gasteiger charge is 2.18. The number of aryl methyl sites for hydroxylation is 2. The molecule has 9 heteroatoms. The SMILES string of the molecule is Cc1ccc(C)c(S(=O)(=O)NCc2nc(N(C)C)nc(N(C)C)n2)c1. The van der Waals surface area contributed by atoms with Gasteiger partial charge in [-0.1, -0.05) is 12.1 Å². The van der Waals surface area contributed by atoms with Crippen molar-refractivity contribution in [2.75, 3.05) is 38.0 Å². The molecule has 1 aromatic carbocycles. The van der Waals surface area contributed by atoms with Crippen molar-refractivity contribution in [3.8, 4) is 0 Å². The quantitative estimate of drug-likeness (QED) is 0.820. The van der Waals surface area contributed by atoms with Gasteiger partial charge in [0.1, 0.15) is 0 Å². The van der Waals surface area contributed by atoms with E-state index in [-0.39, 0.29) is 11.4 Å². The fourth-order valence-corrected chi connectivity index (χ4v) is 3.42. The van der Waals surface area contributed by atoms with E-state index in [0.717, 1.165) is 5.56 Å². The predicted octanol–water partition coefficient (Wildman–Crippen LogP) is 1.10. The van der Waals surface area contributed by atoms with Crippen LogP contribution in [0.5, 0.6) is 0 Å². The van der Waals surface area contributed by atoms with Crippen LogP contribution in [-0.4, -0.2) is 51.6 Å². The fourth-order valence-electron chi connectivity index (χ4n) is 2.11. The molecule has 1 aromatic heterocycles. The number of aromatic nitrogens is 3. The Bertz CT molecular complexity index is 839. The van der Waals surface area contributed by atoms with Gasteiger partial charge in [0.2, 0.25) is 21.9 Å². The van der Waals surface area contributed by atoms with Crippen LogP contribution in [0.2, 0.25) is 0 Å². The highest BCUT2D eigenvalue weighted by atomic mass is 32.2. The van der Waals surface area contributed by atoms with Gasteiger partial charge in [-0.2, -0.15) is 15.0 Å². The molecule has 0 unspecified atom stereocenters. The zero-order chi connectivity index (χ0) is 18.8. The number of nitrogens with zero attached hydrogens (tertiary/aromatic N) is 5. The first kappa shape index (κ1) is 19.1. The molecular weight excluding hydrogens is 340 g/mol. The van der Waals surface area contributed by atoms with E-state index in [2.05, 4.69) is 19.7 Å². The van der Waals surface area contributed by atoms with Crippen molar-refractivity contribution in [3.63, 3.8) is 0 Å². The molecule has 0 spiro atoms. The molecule has 0 aliphatic carbocycles. The highest BCUT2D eigenvalue weighted by Crippen LogP contribution is 2.17. The molecule has 0 aliphatic heterocycles. The van der Waals surface area contributed by atoms with Crippen LogP contribution in [-0.2, 0) is 16.6 Å². The monoisotopic (exact) mass is 364 g/mol. The van der Waals surface area contributed by atoms with Crippen LogP contribution in [0.25, 0.3) is 0 Å². The van der Waals surface area contributed by atoms with E-state index in [4.69, 9.17) is 0 Å². The standard InChI is InChI=1S/C16H24N6O2S/c1-11-7-8-12(2)13(9-11)25(23,24)17-10-14-18-15(21(3)4)20-16(19-14)22(5)6/h7-9,17H,10H2,1-6H3. The zero-order valence-electron chi connectivity index (χ0n) is 15.4. The minimum atomic E-state index is -3.66. The topological polar surface area (TPSA) is 91.3 Å². The van der Waals surface area contributed by atoms with Crippen LogP contribution in [0, 0.1) is 13.8 Å². The summed E-state index contributed by atoms with van der Waals surface area (Å²) >= 11 is 0. The van der Waals surface area contributed by atoms with E-state index < -0.39 is 10.0 Å². The highest BCUT2D eigenvalue weighted by molar-refractivity contribution is 7.89. The third-order valence-electron chi connectivity index (χ3n) is 3.51. The summed E-state index contributed by atoms with van der Waals surface area (Å²) in [6.45, 7) is 3.61. The maximum atomic E-state index is 12.6. The van der Waals surface area contributed by atoms with Crippen molar-refractivity contribution in [3.05, 3.63) is 35.2 Å². The average molecular weight is 364 g/mol. The first-order valence-corrected chi connectivity index (χ1v) is 9.25. The molecule has 0 fully saturated rings. The molecule has 8 nitrogen and oxygen atoms in total. The molecule has 0 radical (unpaired) electrons. The Morgan fingerprint density at radius 1 is 0.960 bits per heavy atom. The number of sulfonamides is 1. The Morgan fingerprint density at radius 3 is 2.04 bits per heavy atom. The second-order valence-electron chi connectivity index (χ2n) is 6.23. The van der Waals surface area contributed by atoms with Gasteiger partial charge in [0.15, 0.2) is 5.82 Å². The van der Waals surface area contributed by atoms with Gasteiger partial charge in [-0.3, -0.25) is 0 Å². The zero-order valence-corrected chi connectivity index (χ0v) is 16.2. The molecule has 0 atom stereocenters. The lowest BCUT2D eigenvalue weighted by Crippen LogP contribution is -2.27. The maximum absolute atomic E-state index is 12.6. The van der Waals surface area contributed by atoms with Crippen LogP contribution in [0.4, 0.5) is 11.9 Å². The molecular formula is C16H24N6O2S. The Morgan fingerprint density at radius 2 is 1.52 bits per heavy atom. The van der Waals surface area contributed by atoms with Crippen LogP contribution in [0.1, 0.15) is 17.0 Å². The van der Waals surface area contributed by atoms with E-state index in [0.29, 0.717) is 23.3 Å². The molecule has 0 saturated heterocycles. The number of anilines is 2. The summed E-state index contributed by atoms with van der Waals surface area (Å²) in [7, 11) is 3.62. The molecule has 25 heavy (non-hydrogen) atoms. The summed E-state index contributed by atoms with van der Waals surface area (Å²) in [5.41, 5.74) is 1.58. The van der Waals surface area contributed by atoms with E-state index in [1.54, 1.807) is 28.9 Å². The second kappa shape index (κ2) is 7.32. The smallest absolute Gasteiger partial charge is 0.241 e. The fraction of sp³-hybridized carbons (Fsp3) is 0.438. The van der Waals surface area contributed by atoms with Crippen LogP contribution >= 0.6 is 0 Å². The normalized spacial score (nSPS) is 11.4. The largest absolute Gasteiger partial charge is 0.347 e. The van der Waals surface area contributed by atoms with E-state index in [1.165, 1.54) is 0 Å². The van der Waals surface area contributed by atoms with Crippen molar-refractivity contribution >= 4 is 21.9 Å². The number of hydrogen-bond donors (Lipinski definition) is 1. The lowest BCUT2D eigenvalue weighted by Gasteiger charge is -2.16. The average Bonchev–Trinajstić information content (AvgIpc) is 2.54. The first-order valence-electron chi connectivity index (χ1n) is 7.76. The Kier molecular flexibility index (Phi) is 5.58.